The van der Waals surface area contributed by atoms with Gasteiger partial charge in [-0.1, -0.05) is 30.3 Å². The highest BCUT2D eigenvalue weighted by Crippen LogP contribution is 2.31. The van der Waals surface area contributed by atoms with Crippen molar-refractivity contribution in [2.24, 2.45) is 0 Å². The Kier molecular flexibility index (Phi) is 6.98. The van der Waals surface area contributed by atoms with Crippen LogP contribution < -0.4 is 14.8 Å². The van der Waals surface area contributed by atoms with Crippen molar-refractivity contribution in [1.29, 1.82) is 0 Å². The van der Waals surface area contributed by atoms with Gasteiger partial charge >= 0.3 is 0 Å². The number of fused-ring (bicyclic) bond motifs is 2. The van der Waals surface area contributed by atoms with Crippen LogP contribution in [-0.2, 0) is 4.79 Å². The predicted molar refractivity (Wildman–Crippen MR) is 124 cm³/mol. The second kappa shape index (κ2) is 9.90. The summed E-state index contributed by atoms with van der Waals surface area (Å²) in [5.74, 6) is 1.33. The van der Waals surface area contributed by atoms with Crippen molar-refractivity contribution in [3.63, 3.8) is 0 Å². The molecule has 32 heavy (non-hydrogen) atoms. The summed E-state index contributed by atoms with van der Waals surface area (Å²) in [5, 5.41) is 13.6. The molecule has 0 saturated carbocycles. The topological polar surface area (TPSA) is 74.3 Å². The van der Waals surface area contributed by atoms with Crippen LogP contribution in [0.5, 0.6) is 11.5 Å². The van der Waals surface area contributed by atoms with Crippen LogP contribution in [0.25, 0.3) is 0 Å². The van der Waals surface area contributed by atoms with Crippen LogP contribution in [0.3, 0.4) is 0 Å². The van der Waals surface area contributed by atoms with Gasteiger partial charge in [0.2, 0.25) is 5.91 Å². The molecule has 2 saturated heterocycles. The molecule has 2 unspecified atom stereocenters. The number of likely N-dealkylation sites (tertiary alicyclic amines) is 2. The minimum atomic E-state index is -0.583. The minimum Gasteiger partial charge on any atom is -0.493 e. The van der Waals surface area contributed by atoms with E-state index in [0.717, 1.165) is 36.3 Å². The Hall–Kier alpha value is -2.61. The van der Waals surface area contributed by atoms with Gasteiger partial charge in [-0.15, -0.1) is 0 Å². The summed E-state index contributed by atoms with van der Waals surface area (Å²) in [6.45, 7) is 6.94. The normalized spacial score (nSPS) is 21.5. The van der Waals surface area contributed by atoms with Gasteiger partial charge in [-0.25, -0.2) is 0 Å². The number of carbonyl (C=O) groups is 1. The van der Waals surface area contributed by atoms with Crippen LogP contribution in [0.15, 0.2) is 42.5 Å². The lowest BCUT2D eigenvalue weighted by Crippen LogP contribution is -2.50. The molecule has 0 aromatic heterocycles. The maximum Gasteiger partial charge on any atom is 0.238 e. The molecule has 2 fully saturated rings. The summed E-state index contributed by atoms with van der Waals surface area (Å²) in [5.41, 5.74) is 3.08. The summed E-state index contributed by atoms with van der Waals surface area (Å²) >= 11 is 0. The van der Waals surface area contributed by atoms with Crippen LogP contribution >= 0.6 is 0 Å². The number of aliphatic hydroxyl groups is 1. The van der Waals surface area contributed by atoms with Crippen LogP contribution in [0.2, 0.25) is 0 Å². The lowest BCUT2D eigenvalue weighted by molar-refractivity contribution is -0.118. The molecule has 2 bridgehead atoms. The van der Waals surface area contributed by atoms with Gasteiger partial charge in [-0.2, -0.15) is 0 Å². The van der Waals surface area contributed by atoms with E-state index in [4.69, 9.17) is 9.47 Å². The van der Waals surface area contributed by atoms with E-state index in [2.05, 4.69) is 15.1 Å². The van der Waals surface area contributed by atoms with E-state index >= 15 is 0 Å². The van der Waals surface area contributed by atoms with Gasteiger partial charge in [0.15, 0.2) is 11.5 Å². The Morgan fingerprint density at radius 1 is 1.06 bits per heavy atom. The number of carbonyl (C=O) groups excluding carboxylic acids is 1. The van der Waals surface area contributed by atoms with Crippen molar-refractivity contribution in [2.75, 3.05) is 45.2 Å². The molecule has 4 rings (SSSR count). The second-order valence-corrected chi connectivity index (χ2v) is 8.86. The average Bonchev–Trinajstić information content (AvgIpc) is 3.35. The van der Waals surface area contributed by atoms with E-state index in [1.807, 2.05) is 56.3 Å². The second-order valence-electron chi connectivity index (χ2n) is 8.86. The molecule has 2 aliphatic rings. The number of rotatable bonds is 9. The fourth-order valence-corrected chi connectivity index (χ4v) is 4.87. The number of methoxy groups -OCH3 is 1. The third-order valence-corrected chi connectivity index (χ3v) is 6.51. The Labute approximate surface area is 189 Å². The van der Waals surface area contributed by atoms with Crippen molar-refractivity contribution < 1.29 is 19.4 Å². The molecule has 0 spiro atoms. The largest absolute Gasteiger partial charge is 0.493 e. The SMILES string of the molecule is COc1ccccc1OC[C@@H](O)CN1CC2CC1CN2CC(=O)Nc1c(C)cccc1C. The van der Waals surface area contributed by atoms with Gasteiger partial charge in [0, 0.05) is 37.4 Å². The third kappa shape index (κ3) is 5.06. The van der Waals surface area contributed by atoms with Gasteiger partial charge in [0.1, 0.15) is 12.7 Å². The molecule has 7 heteroatoms. The first-order valence-electron chi connectivity index (χ1n) is 11.2. The maximum absolute atomic E-state index is 12.6. The maximum atomic E-state index is 12.6. The fourth-order valence-electron chi connectivity index (χ4n) is 4.87. The lowest BCUT2D eigenvalue weighted by atomic mass is 10.1. The van der Waals surface area contributed by atoms with Crippen LogP contribution in [0, 0.1) is 13.8 Å². The fraction of sp³-hybridized carbons (Fsp3) is 0.480. The smallest absolute Gasteiger partial charge is 0.238 e. The zero-order chi connectivity index (χ0) is 22.7. The van der Waals surface area contributed by atoms with Gasteiger partial charge in [0.05, 0.1) is 13.7 Å². The summed E-state index contributed by atoms with van der Waals surface area (Å²) in [4.78, 5) is 17.2. The predicted octanol–water partition coefficient (Wildman–Crippen LogP) is 2.45. The van der Waals surface area contributed by atoms with Crippen molar-refractivity contribution in [3.05, 3.63) is 53.6 Å². The molecule has 2 heterocycles. The quantitative estimate of drug-likeness (QED) is 0.625. The highest BCUT2D eigenvalue weighted by atomic mass is 16.5. The lowest BCUT2D eigenvalue weighted by Gasteiger charge is -2.34. The summed E-state index contributed by atoms with van der Waals surface area (Å²) in [7, 11) is 1.60. The molecule has 3 atom stereocenters. The first-order chi connectivity index (χ1) is 15.4. The zero-order valence-electron chi connectivity index (χ0n) is 19.1. The van der Waals surface area contributed by atoms with Gasteiger partial charge in [-0.3, -0.25) is 14.6 Å². The zero-order valence-corrected chi connectivity index (χ0v) is 19.1. The molecule has 1 amide bonds. The standard InChI is InChI=1S/C25H33N3O4/c1-17-7-6-8-18(2)25(17)26-24(30)15-28-13-19-11-20(28)12-27(19)14-21(29)16-32-23-10-5-4-9-22(23)31-3/h4-10,19-21,29H,11-16H2,1-3H3,(H,26,30)/t19?,20?,21-/m0/s1. The van der Waals surface area contributed by atoms with Crippen molar-refractivity contribution in [3.8, 4) is 11.5 Å². The summed E-state index contributed by atoms with van der Waals surface area (Å²) < 4.78 is 11.1. The number of piperazine rings is 1. The number of ether oxygens (including phenoxy) is 2. The molecular formula is C25H33N3O4. The Balaban J connectivity index is 1.23. The number of aryl methyl sites for hydroxylation is 2. The van der Waals surface area contributed by atoms with Crippen LogP contribution in [0.1, 0.15) is 17.5 Å². The highest BCUT2D eigenvalue weighted by Gasteiger charge is 2.44. The van der Waals surface area contributed by atoms with Crippen molar-refractivity contribution >= 4 is 11.6 Å². The monoisotopic (exact) mass is 439 g/mol. The number of hydrogen-bond acceptors (Lipinski definition) is 6. The average molecular weight is 440 g/mol. The van der Waals surface area contributed by atoms with Gasteiger partial charge < -0.3 is 19.9 Å². The van der Waals surface area contributed by atoms with Crippen molar-refractivity contribution in [2.45, 2.75) is 38.5 Å². The van der Waals surface area contributed by atoms with E-state index in [0.29, 0.717) is 36.7 Å². The first-order valence-corrected chi connectivity index (χ1v) is 11.2. The third-order valence-electron chi connectivity index (χ3n) is 6.51. The van der Waals surface area contributed by atoms with Crippen LogP contribution in [-0.4, -0.2) is 78.9 Å². The molecule has 0 radical (unpaired) electrons. The number of β-amino-alcohol motifs (C(OH)–C–C–N with tert-alkyl or cyclic N) is 1. The van der Waals surface area contributed by atoms with E-state index in [1.165, 1.54) is 0 Å². The van der Waals surface area contributed by atoms with E-state index in [9.17, 15) is 9.90 Å². The van der Waals surface area contributed by atoms with E-state index in [-0.39, 0.29) is 12.5 Å². The molecule has 0 aliphatic carbocycles. The molecule has 2 aromatic rings. The van der Waals surface area contributed by atoms with Gasteiger partial charge in [0.25, 0.3) is 0 Å². The minimum absolute atomic E-state index is 0.0340. The van der Waals surface area contributed by atoms with E-state index in [1.54, 1.807) is 7.11 Å². The number of benzene rings is 2. The number of amides is 1. The number of nitrogens with one attached hydrogen (secondary N) is 1. The number of para-hydroxylation sites is 3. The van der Waals surface area contributed by atoms with Crippen LogP contribution in [0.4, 0.5) is 5.69 Å². The molecule has 2 aromatic carbocycles. The molecule has 2 N–H and O–H groups in total. The Bertz CT molecular complexity index is 930. The van der Waals surface area contributed by atoms with Crippen molar-refractivity contribution in [1.82, 2.24) is 9.80 Å². The highest BCUT2D eigenvalue weighted by molar-refractivity contribution is 5.93. The Morgan fingerprint density at radius 2 is 1.72 bits per heavy atom. The number of nitrogens with zero attached hydrogens (tertiary/aromatic N) is 2. The molecule has 172 valence electrons. The molecule has 2 aliphatic heterocycles. The number of anilines is 1. The van der Waals surface area contributed by atoms with E-state index < -0.39 is 6.10 Å². The van der Waals surface area contributed by atoms with Gasteiger partial charge in [-0.05, 0) is 43.5 Å². The summed E-state index contributed by atoms with van der Waals surface area (Å²) in [6.07, 6.45) is 0.455. The number of hydrogen-bond donors (Lipinski definition) is 2. The number of aliphatic hydroxyl groups excluding tert-OH is 1. The Morgan fingerprint density at radius 3 is 2.38 bits per heavy atom. The first kappa shape index (κ1) is 22.6. The molecular weight excluding hydrogens is 406 g/mol. The molecule has 7 nitrogen and oxygen atoms in total. The summed E-state index contributed by atoms with van der Waals surface area (Å²) in [6, 6.07) is 14.2.